The Labute approximate surface area is 161 Å². The highest BCUT2D eigenvalue weighted by molar-refractivity contribution is 5.93. The Morgan fingerprint density at radius 3 is 2.57 bits per heavy atom. The molecule has 144 valence electrons. The summed E-state index contributed by atoms with van der Waals surface area (Å²) in [5.41, 5.74) is 2.02. The van der Waals surface area contributed by atoms with E-state index in [-0.39, 0.29) is 23.7 Å². The third-order valence-corrected chi connectivity index (χ3v) is 4.12. The number of pyridine rings is 1. The average Bonchev–Trinajstić information content (AvgIpc) is 2.73. The van der Waals surface area contributed by atoms with Crippen LogP contribution in [0.3, 0.4) is 0 Å². The van der Waals surface area contributed by atoms with Gasteiger partial charge in [-0.05, 0) is 35.4 Å². The van der Waals surface area contributed by atoms with Crippen LogP contribution in [0.2, 0.25) is 0 Å². The molecule has 0 radical (unpaired) electrons. The van der Waals surface area contributed by atoms with Crippen molar-refractivity contribution >= 4 is 11.6 Å². The highest BCUT2D eigenvalue weighted by atomic mass is 19.2. The lowest BCUT2D eigenvalue weighted by atomic mass is 10.1. The number of carbonyl (C=O) groups excluding carboxylic acids is 1. The van der Waals surface area contributed by atoms with Crippen LogP contribution in [-0.4, -0.2) is 22.5 Å². The van der Waals surface area contributed by atoms with E-state index in [1.807, 2.05) is 30.3 Å². The van der Waals surface area contributed by atoms with E-state index in [9.17, 15) is 18.7 Å². The summed E-state index contributed by atoms with van der Waals surface area (Å²) in [5.74, 6) is -2.31. The molecule has 1 aromatic heterocycles. The fraction of sp³-hybridized carbons (Fsp3) is 0.143. The number of amides is 1. The molecular weight excluding hydrogens is 364 g/mol. The summed E-state index contributed by atoms with van der Waals surface area (Å²) < 4.78 is 26.3. The zero-order valence-electron chi connectivity index (χ0n) is 14.9. The number of nitrogens with zero attached hydrogens (tertiary/aromatic N) is 1. The molecule has 0 aliphatic rings. The smallest absolute Gasteiger partial charge is 0.270 e. The van der Waals surface area contributed by atoms with Gasteiger partial charge >= 0.3 is 0 Å². The molecule has 0 saturated heterocycles. The Kier molecular flexibility index (Phi) is 6.29. The van der Waals surface area contributed by atoms with Crippen molar-refractivity contribution in [2.75, 3.05) is 11.9 Å². The molecule has 1 atom stereocenters. The molecule has 28 heavy (non-hydrogen) atoms. The highest BCUT2D eigenvalue weighted by Crippen LogP contribution is 2.17. The van der Waals surface area contributed by atoms with Crippen LogP contribution in [0.1, 0.15) is 27.7 Å². The van der Waals surface area contributed by atoms with Crippen molar-refractivity contribution in [1.29, 1.82) is 0 Å². The van der Waals surface area contributed by atoms with Crippen molar-refractivity contribution in [3.05, 3.63) is 95.3 Å². The van der Waals surface area contributed by atoms with Gasteiger partial charge in [0.2, 0.25) is 0 Å². The Bertz CT molecular complexity index is 951. The number of aromatic nitrogens is 1. The number of aliphatic hydroxyl groups is 1. The average molecular weight is 383 g/mol. The molecule has 0 spiro atoms. The van der Waals surface area contributed by atoms with Crippen molar-refractivity contribution in [2.45, 2.75) is 12.6 Å². The summed E-state index contributed by atoms with van der Waals surface area (Å²) in [6, 6.07) is 15.9. The molecule has 0 fully saturated rings. The second-order valence-corrected chi connectivity index (χ2v) is 6.17. The van der Waals surface area contributed by atoms with Crippen molar-refractivity contribution in [2.24, 2.45) is 0 Å². The van der Waals surface area contributed by atoms with Crippen LogP contribution in [-0.2, 0) is 6.54 Å². The minimum absolute atomic E-state index is 0.0557. The lowest BCUT2D eigenvalue weighted by Crippen LogP contribution is -2.24. The molecular formula is C21H19F2N3O2. The zero-order valence-corrected chi connectivity index (χ0v) is 14.9. The first-order chi connectivity index (χ1) is 13.5. The number of carbonyl (C=O) groups is 1. The number of hydrogen-bond donors (Lipinski definition) is 3. The number of anilines is 1. The maximum Gasteiger partial charge on any atom is 0.270 e. The van der Waals surface area contributed by atoms with E-state index in [0.29, 0.717) is 12.2 Å². The number of aliphatic hydroxyl groups excluding tert-OH is 1. The first-order valence-corrected chi connectivity index (χ1v) is 8.68. The van der Waals surface area contributed by atoms with Crippen LogP contribution in [0.15, 0.2) is 66.9 Å². The van der Waals surface area contributed by atoms with E-state index in [2.05, 4.69) is 15.6 Å². The summed E-state index contributed by atoms with van der Waals surface area (Å²) in [6.07, 6.45) is 0.433. The van der Waals surface area contributed by atoms with Gasteiger partial charge in [0.1, 0.15) is 5.69 Å². The van der Waals surface area contributed by atoms with Crippen LogP contribution in [0.5, 0.6) is 0 Å². The fourth-order valence-electron chi connectivity index (χ4n) is 2.59. The number of halogens is 2. The van der Waals surface area contributed by atoms with Crippen LogP contribution >= 0.6 is 0 Å². The minimum Gasteiger partial charge on any atom is -0.387 e. The first-order valence-electron chi connectivity index (χ1n) is 8.68. The fourth-order valence-corrected chi connectivity index (χ4v) is 2.59. The second kappa shape index (κ2) is 9.05. The number of nitrogens with one attached hydrogen (secondary N) is 2. The van der Waals surface area contributed by atoms with Crippen LogP contribution < -0.4 is 10.6 Å². The molecule has 3 aromatic rings. The largest absolute Gasteiger partial charge is 0.387 e. The van der Waals surface area contributed by atoms with Gasteiger partial charge in [0.05, 0.1) is 6.10 Å². The van der Waals surface area contributed by atoms with Crippen molar-refractivity contribution < 1.29 is 18.7 Å². The SMILES string of the molecule is O=C(NCc1ccccc1)c1cc(NCC(O)c2ccc(F)c(F)c2)ccn1. The number of rotatable bonds is 7. The Balaban J connectivity index is 1.58. The van der Waals surface area contributed by atoms with Gasteiger partial charge in [-0.25, -0.2) is 8.78 Å². The standard InChI is InChI=1S/C21H19F2N3O2/c22-17-7-6-15(10-18(17)23)20(27)13-25-16-8-9-24-19(11-16)21(28)26-12-14-4-2-1-3-5-14/h1-11,20,27H,12-13H2,(H,24,25)(H,26,28). The maximum atomic E-state index is 13.3. The predicted octanol–water partition coefficient (Wildman–Crippen LogP) is 3.44. The molecule has 2 aromatic carbocycles. The molecule has 1 amide bonds. The molecule has 0 bridgehead atoms. The predicted molar refractivity (Wildman–Crippen MR) is 102 cm³/mol. The first kappa shape index (κ1) is 19.4. The van der Waals surface area contributed by atoms with E-state index >= 15 is 0 Å². The number of hydrogen-bond acceptors (Lipinski definition) is 4. The quantitative estimate of drug-likeness (QED) is 0.584. The van der Waals surface area contributed by atoms with Gasteiger partial charge in [-0.1, -0.05) is 36.4 Å². The summed E-state index contributed by atoms with van der Waals surface area (Å²) in [7, 11) is 0. The molecule has 5 nitrogen and oxygen atoms in total. The van der Waals surface area contributed by atoms with Gasteiger partial charge in [0.15, 0.2) is 11.6 Å². The molecule has 1 heterocycles. The van der Waals surface area contributed by atoms with Crippen LogP contribution in [0, 0.1) is 11.6 Å². The molecule has 3 rings (SSSR count). The third-order valence-electron chi connectivity index (χ3n) is 4.12. The van der Waals surface area contributed by atoms with Gasteiger partial charge in [0, 0.05) is 25.0 Å². The summed E-state index contributed by atoms with van der Waals surface area (Å²) in [5, 5.41) is 15.9. The van der Waals surface area contributed by atoms with Gasteiger partial charge in [-0.3, -0.25) is 9.78 Å². The van der Waals surface area contributed by atoms with Crippen LogP contribution in [0.4, 0.5) is 14.5 Å². The zero-order chi connectivity index (χ0) is 19.9. The lowest BCUT2D eigenvalue weighted by molar-refractivity contribution is 0.0946. The molecule has 7 heteroatoms. The highest BCUT2D eigenvalue weighted by Gasteiger charge is 2.12. The monoisotopic (exact) mass is 383 g/mol. The number of benzene rings is 2. The summed E-state index contributed by atoms with van der Waals surface area (Å²) >= 11 is 0. The molecule has 1 unspecified atom stereocenters. The van der Waals surface area contributed by atoms with Crippen molar-refractivity contribution in [1.82, 2.24) is 10.3 Å². The van der Waals surface area contributed by atoms with Crippen molar-refractivity contribution in [3.63, 3.8) is 0 Å². The van der Waals surface area contributed by atoms with Gasteiger partial charge in [0.25, 0.3) is 5.91 Å². The van der Waals surface area contributed by atoms with E-state index in [0.717, 1.165) is 17.7 Å². The minimum atomic E-state index is -1.04. The van der Waals surface area contributed by atoms with E-state index < -0.39 is 17.7 Å². The van der Waals surface area contributed by atoms with E-state index in [1.54, 1.807) is 12.1 Å². The van der Waals surface area contributed by atoms with Gasteiger partial charge in [-0.2, -0.15) is 0 Å². The Morgan fingerprint density at radius 1 is 1.04 bits per heavy atom. The van der Waals surface area contributed by atoms with Crippen LogP contribution in [0.25, 0.3) is 0 Å². The Hall–Kier alpha value is -3.32. The molecule has 3 N–H and O–H groups in total. The lowest BCUT2D eigenvalue weighted by Gasteiger charge is -2.14. The maximum absolute atomic E-state index is 13.3. The second-order valence-electron chi connectivity index (χ2n) is 6.17. The Morgan fingerprint density at radius 2 is 1.82 bits per heavy atom. The topological polar surface area (TPSA) is 74.2 Å². The molecule has 0 aliphatic heterocycles. The van der Waals surface area contributed by atoms with Gasteiger partial charge < -0.3 is 15.7 Å². The third kappa shape index (κ3) is 5.11. The molecule has 0 saturated carbocycles. The molecule has 0 aliphatic carbocycles. The van der Waals surface area contributed by atoms with Gasteiger partial charge in [-0.15, -0.1) is 0 Å². The summed E-state index contributed by atoms with van der Waals surface area (Å²) in [6.45, 7) is 0.439. The van der Waals surface area contributed by atoms with E-state index in [4.69, 9.17) is 0 Å². The summed E-state index contributed by atoms with van der Waals surface area (Å²) in [4.78, 5) is 16.3. The van der Waals surface area contributed by atoms with Crippen molar-refractivity contribution in [3.8, 4) is 0 Å². The normalized spacial score (nSPS) is 11.7. The van der Waals surface area contributed by atoms with E-state index in [1.165, 1.54) is 12.3 Å².